The molecular formula is C15H15NO. The average molecular weight is 225 g/mol. The largest absolute Gasteiger partial charge is 0.355 e. The summed E-state index contributed by atoms with van der Waals surface area (Å²) in [6.07, 6.45) is 0. The van der Waals surface area contributed by atoms with E-state index < -0.39 is 0 Å². The maximum atomic E-state index is 11.9. The Kier molecular flexibility index (Phi) is 3.24. The molecule has 1 amide bonds. The minimum atomic E-state index is -0.0399. The molecule has 0 spiro atoms. The molecule has 2 aromatic rings. The SMILES string of the molecule is CNC(=O)c1c(C)cccc1-c1ccccc1. The van der Waals surface area contributed by atoms with Crippen molar-refractivity contribution in [3.8, 4) is 11.1 Å². The second-order valence-corrected chi connectivity index (χ2v) is 3.94. The highest BCUT2D eigenvalue weighted by Gasteiger charge is 2.13. The van der Waals surface area contributed by atoms with Crippen LogP contribution in [-0.2, 0) is 0 Å². The number of carbonyl (C=O) groups excluding carboxylic acids is 1. The Bertz CT molecular complexity index is 532. The number of amides is 1. The molecule has 1 N–H and O–H groups in total. The first-order valence-electron chi connectivity index (χ1n) is 5.61. The third kappa shape index (κ3) is 2.21. The van der Waals surface area contributed by atoms with Gasteiger partial charge in [-0.1, -0.05) is 48.5 Å². The highest BCUT2D eigenvalue weighted by Crippen LogP contribution is 2.25. The number of carbonyl (C=O) groups is 1. The summed E-state index contributed by atoms with van der Waals surface area (Å²) in [6, 6.07) is 15.9. The average Bonchev–Trinajstić information content (AvgIpc) is 2.38. The van der Waals surface area contributed by atoms with E-state index >= 15 is 0 Å². The van der Waals surface area contributed by atoms with Crippen LogP contribution in [0.4, 0.5) is 0 Å². The Balaban J connectivity index is 2.62. The number of rotatable bonds is 2. The summed E-state index contributed by atoms with van der Waals surface area (Å²) in [7, 11) is 1.66. The van der Waals surface area contributed by atoms with E-state index in [1.165, 1.54) is 0 Å². The van der Waals surface area contributed by atoms with Gasteiger partial charge in [0.05, 0.1) is 5.56 Å². The molecule has 0 fully saturated rings. The molecule has 0 aliphatic rings. The fraction of sp³-hybridized carbons (Fsp3) is 0.133. The van der Waals surface area contributed by atoms with Crippen molar-refractivity contribution in [2.45, 2.75) is 6.92 Å². The molecule has 17 heavy (non-hydrogen) atoms. The second kappa shape index (κ2) is 4.83. The first kappa shape index (κ1) is 11.4. The number of aryl methyl sites for hydroxylation is 1. The Morgan fingerprint density at radius 2 is 1.71 bits per heavy atom. The van der Waals surface area contributed by atoms with E-state index in [9.17, 15) is 4.79 Å². The van der Waals surface area contributed by atoms with Crippen LogP contribution in [0, 0.1) is 6.92 Å². The van der Waals surface area contributed by atoms with E-state index in [0.717, 1.165) is 22.3 Å². The molecule has 2 nitrogen and oxygen atoms in total. The van der Waals surface area contributed by atoms with Crippen molar-refractivity contribution in [1.29, 1.82) is 0 Å². The van der Waals surface area contributed by atoms with E-state index in [0.29, 0.717) is 0 Å². The van der Waals surface area contributed by atoms with Crippen molar-refractivity contribution in [2.75, 3.05) is 7.05 Å². The van der Waals surface area contributed by atoms with E-state index in [2.05, 4.69) is 5.32 Å². The number of hydrogen-bond acceptors (Lipinski definition) is 1. The topological polar surface area (TPSA) is 29.1 Å². The third-order valence-corrected chi connectivity index (χ3v) is 2.81. The summed E-state index contributed by atoms with van der Waals surface area (Å²) in [5.41, 5.74) is 3.78. The predicted octanol–water partition coefficient (Wildman–Crippen LogP) is 3.02. The van der Waals surface area contributed by atoms with Crippen LogP contribution in [0.2, 0.25) is 0 Å². The van der Waals surface area contributed by atoms with Crippen LogP contribution in [0.25, 0.3) is 11.1 Å². The fourth-order valence-corrected chi connectivity index (χ4v) is 1.95. The highest BCUT2D eigenvalue weighted by atomic mass is 16.1. The van der Waals surface area contributed by atoms with Gasteiger partial charge in [0.1, 0.15) is 0 Å². The van der Waals surface area contributed by atoms with Crippen LogP contribution >= 0.6 is 0 Å². The smallest absolute Gasteiger partial charge is 0.251 e. The van der Waals surface area contributed by atoms with Gasteiger partial charge in [0.15, 0.2) is 0 Å². The first-order chi connectivity index (χ1) is 8.24. The second-order valence-electron chi connectivity index (χ2n) is 3.94. The highest BCUT2D eigenvalue weighted by molar-refractivity contribution is 6.02. The summed E-state index contributed by atoms with van der Waals surface area (Å²) in [6.45, 7) is 1.96. The number of hydrogen-bond donors (Lipinski definition) is 1. The summed E-state index contributed by atoms with van der Waals surface area (Å²) in [4.78, 5) is 11.9. The zero-order valence-corrected chi connectivity index (χ0v) is 10.0. The van der Waals surface area contributed by atoms with Crippen LogP contribution in [0.3, 0.4) is 0 Å². The van der Waals surface area contributed by atoms with E-state index in [1.54, 1.807) is 7.05 Å². The maximum absolute atomic E-state index is 11.9. The predicted molar refractivity (Wildman–Crippen MR) is 70.0 cm³/mol. The van der Waals surface area contributed by atoms with Crippen molar-refractivity contribution in [1.82, 2.24) is 5.32 Å². The van der Waals surface area contributed by atoms with Crippen molar-refractivity contribution in [3.05, 3.63) is 59.7 Å². The lowest BCUT2D eigenvalue weighted by molar-refractivity contribution is 0.0963. The van der Waals surface area contributed by atoms with Gasteiger partial charge in [-0.05, 0) is 23.6 Å². The summed E-state index contributed by atoms with van der Waals surface area (Å²) in [5.74, 6) is -0.0399. The molecule has 86 valence electrons. The van der Waals surface area contributed by atoms with Crippen LogP contribution in [0.15, 0.2) is 48.5 Å². The van der Waals surface area contributed by atoms with Crippen molar-refractivity contribution in [3.63, 3.8) is 0 Å². The third-order valence-electron chi connectivity index (χ3n) is 2.81. The molecule has 0 aromatic heterocycles. The molecule has 0 unspecified atom stereocenters. The minimum Gasteiger partial charge on any atom is -0.355 e. The Morgan fingerprint density at radius 3 is 2.35 bits per heavy atom. The van der Waals surface area contributed by atoms with Crippen molar-refractivity contribution in [2.24, 2.45) is 0 Å². The molecule has 0 bridgehead atoms. The molecule has 0 saturated carbocycles. The van der Waals surface area contributed by atoms with Crippen molar-refractivity contribution < 1.29 is 4.79 Å². The van der Waals surface area contributed by atoms with Gasteiger partial charge in [0, 0.05) is 7.05 Å². The zero-order valence-electron chi connectivity index (χ0n) is 10.0. The normalized spacial score (nSPS) is 10.0. The van der Waals surface area contributed by atoms with Gasteiger partial charge in [-0.15, -0.1) is 0 Å². The summed E-state index contributed by atoms with van der Waals surface area (Å²) < 4.78 is 0. The molecule has 2 aromatic carbocycles. The molecule has 2 rings (SSSR count). The Hall–Kier alpha value is -2.09. The zero-order chi connectivity index (χ0) is 12.3. The van der Waals surface area contributed by atoms with Gasteiger partial charge in [-0.2, -0.15) is 0 Å². The van der Waals surface area contributed by atoms with Crippen LogP contribution < -0.4 is 5.32 Å². The van der Waals surface area contributed by atoms with Gasteiger partial charge in [-0.25, -0.2) is 0 Å². The molecule has 0 aliphatic carbocycles. The van der Waals surface area contributed by atoms with Gasteiger partial charge in [-0.3, -0.25) is 4.79 Å². The van der Waals surface area contributed by atoms with Gasteiger partial charge in [0.25, 0.3) is 5.91 Å². The molecule has 0 atom stereocenters. The Morgan fingerprint density at radius 1 is 1.00 bits per heavy atom. The lowest BCUT2D eigenvalue weighted by Gasteiger charge is -2.11. The van der Waals surface area contributed by atoms with Crippen LogP contribution in [0.5, 0.6) is 0 Å². The quantitative estimate of drug-likeness (QED) is 0.836. The van der Waals surface area contributed by atoms with E-state index in [1.807, 2.05) is 55.5 Å². The van der Waals surface area contributed by atoms with Gasteiger partial charge < -0.3 is 5.32 Å². The van der Waals surface area contributed by atoms with E-state index in [-0.39, 0.29) is 5.91 Å². The Labute approximate surface area is 101 Å². The molecule has 0 radical (unpaired) electrons. The fourth-order valence-electron chi connectivity index (χ4n) is 1.95. The summed E-state index contributed by atoms with van der Waals surface area (Å²) >= 11 is 0. The van der Waals surface area contributed by atoms with Crippen molar-refractivity contribution >= 4 is 5.91 Å². The van der Waals surface area contributed by atoms with E-state index in [4.69, 9.17) is 0 Å². The molecule has 2 heteroatoms. The standard InChI is InChI=1S/C15H15NO/c1-11-7-6-10-13(14(11)15(17)16-2)12-8-4-3-5-9-12/h3-10H,1-2H3,(H,16,17). The molecular weight excluding hydrogens is 210 g/mol. The number of nitrogens with one attached hydrogen (secondary N) is 1. The number of benzene rings is 2. The summed E-state index contributed by atoms with van der Waals surface area (Å²) in [5, 5.41) is 2.69. The lowest BCUT2D eigenvalue weighted by atomic mass is 9.95. The molecule has 0 saturated heterocycles. The van der Waals surface area contributed by atoms with Gasteiger partial charge >= 0.3 is 0 Å². The first-order valence-corrected chi connectivity index (χ1v) is 5.61. The molecule has 0 aliphatic heterocycles. The lowest BCUT2D eigenvalue weighted by Crippen LogP contribution is -2.19. The monoisotopic (exact) mass is 225 g/mol. The maximum Gasteiger partial charge on any atom is 0.251 e. The molecule has 0 heterocycles. The van der Waals surface area contributed by atoms with Crippen LogP contribution in [-0.4, -0.2) is 13.0 Å². The van der Waals surface area contributed by atoms with Crippen LogP contribution in [0.1, 0.15) is 15.9 Å². The van der Waals surface area contributed by atoms with Gasteiger partial charge in [0.2, 0.25) is 0 Å². The minimum absolute atomic E-state index is 0.0399.